The second kappa shape index (κ2) is 7.63. The third kappa shape index (κ3) is 4.19. The molecule has 2 aromatic carbocycles. The predicted molar refractivity (Wildman–Crippen MR) is 85.6 cm³/mol. The Morgan fingerprint density at radius 3 is 2.38 bits per heavy atom. The molecule has 0 saturated heterocycles. The average molecular weight is 282 g/mol. The molecule has 2 rings (SSSR count). The molecule has 0 aliphatic carbocycles. The van der Waals surface area contributed by atoms with Crippen molar-refractivity contribution in [2.45, 2.75) is 33.3 Å². The molecule has 2 nitrogen and oxygen atoms in total. The van der Waals surface area contributed by atoms with Crippen molar-refractivity contribution < 1.29 is 9.53 Å². The van der Waals surface area contributed by atoms with Crippen LogP contribution in [-0.4, -0.2) is 5.78 Å². The minimum Gasteiger partial charge on any atom is -0.489 e. The van der Waals surface area contributed by atoms with E-state index in [1.54, 1.807) is 0 Å². The van der Waals surface area contributed by atoms with E-state index in [2.05, 4.69) is 13.8 Å². The second-order valence-corrected chi connectivity index (χ2v) is 5.18. The van der Waals surface area contributed by atoms with Gasteiger partial charge in [-0.3, -0.25) is 4.79 Å². The van der Waals surface area contributed by atoms with Crippen molar-refractivity contribution in [3.63, 3.8) is 0 Å². The molecule has 0 saturated carbocycles. The van der Waals surface area contributed by atoms with Crippen LogP contribution in [0.4, 0.5) is 0 Å². The third-order valence-corrected chi connectivity index (χ3v) is 3.72. The van der Waals surface area contributed by atoms with E-state index in [0.29, 0.717) is 6.61 Å². The van der Waals surface area contributed by atoms with Crippen LogP contribution in [0.5, 0.6) is 5.75 Å². The fraction of sp³-hybridized carbons (Fsp3) is 0.316. The van der Waals surface area contributed by atoms with E-state index >= 15 is 0 Å². The maximum atomic E-state index is 12.4. The van der Waals surface area contributed by atoms with Gasteiger partial charge in [0, 0.05) is 11.5 Å². The van der Waals surface area contributed by atoms with Crippen LogP contribution in [0.1, 0.15) is 42.6 Å². The number of rotatable bonds is 7. The lowest BCUT2D eigenvalue weighted by atomic mass is 9.93. The van der Waals surface area contributed by atoms with Crippen LogP contribution in [0.15, 0.2) is 54.6 Å². The zero-order chi connectivity index (χ0) is 15.1. The van der Waals surface area contributed by atoms with Gasteiger partial charge < -0.3 is 4.74 Å². The minimum atomic E-state index is 0.106. The first-order valence-corrected chi connectivity index (χ1v) is 7.55. The lowest BCUT2D eigenvalue weighted by Crippen LogP contribution is -2.13. The largest absolute Gasteiger partial charge is 0.489 e. The Labute approximate surface area is 126 Å². The molecule has 0 amide bonds. The van der Waals surface area contributed by atoms with Gasteiger partial charge in [0.25, 0.3) is 0 Å². The summed E-state index contributed by atoms with van der Waals surface area (Å²) in [6, 6.07) is 17.5. The first-order chi connectivity index (χ1) is 10.2. The van der Waals surface area contributed by atoms with Crippen molar-refractivity contribution >= 4 is 5.78 Å². The topological polar surface area (TPSA) is 26.3 Å². The van der Waals surface area contributed by atoms with Gasteiger partial charge in [-0.05, 0) is 30.5 Å². The van der Waals surface area contributed by atoms with Crippen molar-refractivity contribution in [2.24, 2.45) is 5.92 Å². The number of benzene rings is 2. The maximum absolute atomic E-state index is 12.4. The van der Waals surface area contributed by atoms with Crippen LogP contribution in [0, 0.1) is 5.92 Å². The number of carbonyl (C=O) groups excluding carboxylic acids is 1. The first kappa shape index (κ1) is 15.3. The van der Waals surface area contributed by atoms with Gasteiger partial charge in [0.2, 0.25) is 0 Å². The molecule has 0 aliphatic rings. The minimum absolute atomic E-state index is 0.106. The Kier molecular flexibility index (Phi) is 5.56. The Balaban J connectivity index is 2.05. The third-order valence-electron chi connectivity index (χ3n) is 3.72. The zero-order valence-electron chi connectivity index (χ0n) is 12.7. The molecule has 0 aromatic heterocycles. The number of Topliss-reactive ketones (excluding diaryl/α,β-unsaturated/α-hetero) is 1. The first-order valence-electron chi connectivity index (χ1n) is 7.55. The molecule has 0 spiro atoms. The Bertz CT molecular complexity index is 571. The van der Waals surface area contributed by atoms with Crippen molar-refractivity contribution in [1.82, 2.24) is 0 Å². The standard InChI is InChI=1S/C19H22O2/c1-3-16(4-2)19(20)17-11-8-12-18(13-17)21-14-15-9-6-5-7-10-15/h5-13,16H,3-4,14H2,1-2H3. The molecule has 0 heterocycles. The molecule has 0 unspecified atom stereocenters. The quantitative estimate of drug-likeness (QED) is 0.676. The number of hydrogen-bond acceptors (Lipinski definition) is 2. The van der Waals surface area contributed by atoms with Gasteiger partial charge in [-0.15, -0.1) is 0 Å². The molecule has 110 valence electrons. The fourth-order valence-electron chi connectivity index (χ4n) is 2.38. The normalized spacial score (nSPS) is 10.6. The number of ketones is 1. The van der Waals surface area contributed by atoms with E-state index in [1.807, 2.05) is 54.6 Å². The Hall–Kier alpha value is -2.09. The molecular weight excluding hydrogens is 260 g/mol. The molecule has 0 bridgehead atoms. The molecule has 0 atom stereocenters. The molecule has 0 aliphatic heterocycles. The lowest BCUT2D eigenvalue weighted by Gasteiger charge is -2.12. The zero-order valence-corrected chi connectivity index (χ0v) is 12.7. The summed E-state index contributed by atoms with van der Waals surface area (Å²) in [6.45, 7) is 4.63. The van der Waals surface area contributed by atoms with Crippen LogP contribution < -0.4 is 4.74 Å². The van der Waals surface area contributed by atoms with E-state index in [-0.39, 0.29) is 11.7 Å². The summed E-state index contributed by atoms with van der Waals surface area (Å²) in [5, 5.41) is 0. The van der Waals surface area contributed by atoms with E-state index < -0.39 is 0 Å². The molecule has 0 radical (unpaired) electrons. The van der Waals surface area contributed by atoms with E-state index in [4.69, 9.17) is 4.74 Å². The van der Waals surface area contributed by atoms with E-state index in [1.165, 1.54) is 0 Å². The maximum Gasteiger partial charge on any atom is 0.166 e. The molecule has 21 heavy (non-hydrogen) atoms. The smallest absolute Gasteiger partial charge is 0.166 e. The van der Waals surface area contributed by atoms with E-state index in [0.717, 1.165) is 29.7 Å². The molecule has 0 N–H and O–H groups in total. The molecule has 2 heteroatoms. The molecule has 2 aromatic rings. The van der Waals surface area contributed by atoms with Gasteiger partial charge in [-0.2, -0.15) is 0 Å². The van der Waals surface area contributed by atoms with Gasteiger partial charge in [0.15, 0.2) is 5.78 Å². The summed E-state index contributed by atoms with van der Waals surface area (Å²) in [7, 11) is 0. The highest BCUT2D eigenvalue weighted by Gasteiger charge is 2.16. The van der Waals surface area contributed by atoms with E-state index in [9.17, 15) is 4.79 Å². The SMILES string of the molecule is CCC(CC)C(=O)c1cccc(OCc2ccccc2)c1. The summed E-state index contributed by atoms with van der Waals surface area (Å²) < 4.78 is 5.78. The number of carbonyl (C=O) groups is 1. The van der Waals surface area contributed by atoms with Crippen LogP contribution in [0.2, 0.25) is 0 Å². The summed E-state index contributed by atoms with van der Waals surface area (Å²) in [6.07, 6.45) is 1.76. The fourth-order valence-corrected chi connectivity index (χ4v) is 2.38. The summed E-state index contributed by atoms with van der Waals surface area (Å²) in [5.74, 6) is 1.06. The Morgan fingerprint density at radius 2 is 1.71 bits per heavy atom. The number of ether oxygens (including phenoxy) is 1. The Morgan fingerprint density at radius 1 is 1.00 bits per heavy atom. The van der Waals surface area contributed by atoms with Crippen LogP contribution in [-0.2, 0) is 6.61 Å². The van der Waals surface area contributed by atoms with Crippen molar-refractivity contribution in [3.8, 4) is 5.75 Å². The second-order valence-electron chi connectivity index (χ2n) is 5.18. The predicted octanol–water partition coefficient (Wildman–Crippen LogP) is 4.88. The monoisotopic (exact) mass is 282 g/mol. The van der Waals surface area contributed by atoms with Crippen LogP contribution >= 0.6 is 0 Å². The van der Waals surface area contributed by atoms with Crippen molar-refractivity contribution in [1.29, 1.82) is 0 Å². The van der Waals surface area contributed by atoms with Gasteiger partial charge >= 0.3 is 0 Å². The highest BCUT2D eigenvalue weighted by molar-refractivity contribution is 5.98. The van der Waals surface area contributed by atoms with Crippen LogP contribution in [0.3, 0.4) is 0 Å². The lowest BCUT2D eigenvalue weighted by molar-refractivity contribution is 0.0913. The van der Waals surface area contributed by atoms with Gasteiger partial charge in [0.1, 0.15) is 12.4 Å². The average Bonchev–Trinajstić information content (AvgIpc) is 2.55. The van der Waals surface area contributed by atoms with Crippen molar-refractivity contribution in [2.75, 3.05) is 0 Å². The molecule has 0 fully saturated rings. The highest BCUT2D eigenvalue weighted by atomic mass is 16.5. The molecular formula is C19H22O2. The van der Waals surface area contributed by atoms with Gasteiger partial charge in [-0.25, -0.2) is 0 Å². The summed E-state index contributed by atoms with van der Waals surface area (Å²) >= 11 is 0. The summed E-state index contributed by atoms with van der Waals surface area (Å²) in [4.78, 5) is 12.4. The van der Waals surface area contributed by atoms with Crippen molar-refractivity contribution in [3.05, 3.63) is 65.7 Å². The van der Waals surface area contributed by atoms with Gasteiger partial charge in [0.05, 0.1) is 0 Å². The van der Waals surface area contributed by atoms with Gasteiger partial charge in [-0.1, -0.05) is 56.3 Å². The number of hydrogen-bond donors (Lipinski definition) is 0. The summed E-state index contributed by atoms with van der Waals surface area (Å²) in [5.41, 5.74) is 1.86. The van der Waals surface area contributed by atoms with Crippen LogP contribution in [0.25, 0.3) is 0 Å². The highest BCUT2D eigenvalue weighted by Crippen LogP contribution is 2.20.